The SMILES string of the molecule is CNC(=O)COc1cc2cc(Nc3nc(Cl)ncc3Cl)cnc2n(CCO)c1=O. The highest BCUT2D eigenvalue weighted by Crippen LogP contribution is 2.26. The average molecular weight is 439 g/mol. The molecule has 3 N–H and O–H groups in total. The summed E-state index contributed by atoms with van der Waals surface area (Å²) in [5.41, 5.74) is 0.351. The van der Waals surface area contributed by atoms with Crippen LogP contribution in [0.25, 0.3) is 11.0 Å². The summed E-state index contributed by atoms with van der Waals surface area (Å²) >= 11 is 11.9. The summed E-state index contributed by atoms with van der Waals surface area (Å²) in [6, 6.07) is 3.16. The number of hydrogen-bond donors (Lipinski definition) is 3. The van der Waals surface area contributed by atoms with E-state index in [4.69, 9.17) is 27.9 Å². The molecule has 0 aliphatic rings. The van der Waals surface area contributed by atoms with Gasteiger partial charge in [0.25, 0.3) is 11.5 Å². The van der Waals surface area contributed by atoms with Crippen molar-refractivity contribution in [3.8, 4) is 5.75 Å². The van der Waals surface area contributed by atoms with Crippen molar-refractivity contribution < 1.29 is 14.6 Å². The normalized spacial score (nSPS) is 10.8. The minimum atomic E-state index is -0.505. The van der Waals surface area contributed by atoms with E-state index in [1.807, 2.05) is 0 Å². The predicted molar refractivity (Wildman–Crippen MR) is 108 cm³/mol. The van der Waals surface area contributed by atoms with Crippen molar-refractivity contribution in [3.05, 3.63) is 45.2 Å². The van der Waals surface area contributed by atoms with E-state index in [2.05, 4.69) is 25.6 Å². The lowest BCUT2D eigenvalue weighted by Crippen LogP contribution is -2.29. The van der Waals surface area contributed by atoms with E-state index in [9.17, 15) is 14.7 Å². The Hall–Kier alpha value is -2.95. The Balaban J connectivity index is 2.03. The number of rotatable bonds is 7. The van der Waals surface area contributed by atoms with Gasteiger partial charge >= 0.3 is 0 Å². The van der Waals surface area contributed by atoms with E-state index in [0.29, 0.717) is 16.7 Å². The number of nitrogens with zero attached hydrogens (tertiary/aromatic N) is 4. The van der Waals surface area contributed by atoms with Crippen LogP contribution in [0.1, 0.15) is 0 Å². The van der Waals surface area contributed by atoms with E-state index in [1.54, 1.807) is 6.07 Å². The van der Waals surface area contributed by atoms with Crippen LogP contribution in [0.5, 0.6) is 5.75 Å². The molecule has 0 atom stereocenters. The molecular formula is C17H16Cl2N6O4. The van der Waals surface area contributed by atoms with Gasteiger partial charge in [0.2, 0.25) is 5.28 Å². The first kappa shape index (κ1) is 20.8. The zero-order chi connectivity index (χ0) is 21.0. The number of aromatic nitrogens is 4. The fourth-order valence-electron chi connectivity index (χ4n) is 2.50. The largest absolute Gasteiger partial charge is 0.478 e. The van der Waals surface area contributed by atoms with E-state index >= 15 is 0 Å². The quantitative estimate of drug-likeness (QED) is 0.471. The molecule has 0 saturated carbocycles. The Morgan fingerprint density at radius 2 is 2.07 bits per heavy atom. The van der Waals surface area contributed by atoms with Gasteiger partial charge in [-0.1, -0.05) is 11.6 Å². The predicted octanol–water partition coefficient (Wildman–Crippen LogP) is 1.35. The van der Waals surface area contributed by atoms with Gasteiger partial charge in [0.15, 0.2) is 18.2 Å². The van der Waals surface area contributed by atoms with Crippen molar-refractivity contribution in [2.24, 2.45) is 0 Å². The summed E-state index contributed by atoms with van der Waals surface area (Å²) in [6.07, 6.45) is 2.84. The van der Waals surface area contributed by atoms with Gasteiger partial charge in [0.05, 0.1) is 31.2 Å². The number of carbonyl (C=O) groups excluding carboxylic acids is 1. The number of nitrogens with one attached hydrogen (secondary N) is 2. The number of halogens is 2. The third kappa shape index (κ3) is 4.73. The molecular weight excluding hydrogens is 423 g/mol. The maximum absolute atomic E-state index is 12.6. The standard InChI is InChI=1S/C17H16Cl2N6O4/c1-20-13(27)8-29-12-5-9-4-10(23-14-11(18)7-22-17(19)24-14)6-21-15(9)25(2-3-26)16(12)28/h4-7,26H,2-3,8H2,1H3,(H,20,27)(H,22,23,24). The van der Waals surface area contributed by atoms with Crippen molar-refractivity contribution in [1.29, 1.82) is 0 Å². The molecule has 10 nitrogen and oxygen atoms in total. The van der Waals surface area contributed by atoms with Crippen molar-refractivity contribution in [1.82, 2.24) is 24.8 Å². The van der Waals surface area contributed by atoms with Crippen LogP contribution in [0.4, 0.5) is 11.5 Å². The van der Waals surface area contributed by atoms with Crippen LogP contribution in [-0.4, -0.2) is 50.8 Å². The molecule has 0 unspecified atom stereocenters. The number of hydrogen-bond acceptors (Lipinski definition) is 8. The smallest absolute Gasteiger partial charge is 0.294 e. The molecule has 1 amide bonds. The Labute approximate surface area is 174 Å². The molecule has 3 heterocycles. The zero-order valence-corrected chi connectivity index (χ0v) is 16.7. The van der Waals surface area contributed by atoms with Crippen LogP contribution in [-0.2, 0) is 11.3 Å². The minimum Gasteiger partial charge on any atom is -0.478 e. The van der Waals surface area contributed by atoms with Gasteiger partial charge in [-0.2, -0.15) is 4.98 Å². The van der Waals surface area contributed by atoms with E-state index in [1.165, 1.54) is 30.1 Å². The van der Waals surface area contributed by atoms with Crippen molar-refractivity contribution >= 4 is 51.6 Å². The van der Waals surface area contributed by atoms with Gasteiger partial charge < -0.3 is 20.5 Å². The first-order valence-electron chi connectivity index (χ1n) is 8.36. The number of carbonyl (C=O) groups is 1. The Bertz CT molecular complexity index is 1120. The zero-order valence-electron chi connectivity index (χ0n) is 15.1. The van der Waals surface area contributed by atoms with Gasteiger partial charge in [-0.3, -0.25) is 14.2 Å². The number of fused-ring (bicyclic) bond motifs is 1. The molecule has 12 heteroatoms. The van der Waals surface area contributed by atoms with Crippen LogP contribution >= 0.6 is 23.2 Å². The molecule has 152 valence electrons. The van der Waals surface area contributed by atoms with Gasteiger partial charge in [-0.15, -0.1) is 0 Å². The third-order valence-electron chi connectivity index (χ3n) is 3.83. The second kappa shape index (κ2) is 9.03. The summed E-state index contributed by atoms with van der Waals surface area (Å²) < 4.78 is 6.61. The fraction of sp³-hybridized carbons (Fsp3) is 0.235. The molecule has 3 aromatic rings. The molecule has 0 aliphatic heterocycles. The number of anilines is 2. The number of pyridine rings is 2. The molecule has 0 radical (unpaired) electrons. The Morgan fingerprint density at radius 3 is 2.79 bits per heavy atom. The first-order chi connectivity index (χ1) is 13.9. The van der Waals surface area contributed by atoms with Crippen LogP contribution in [0.2, 0.25) is 10.3 Å². The summed E-state index contributed by atoms with van der Waals surface area (Å²) in [5.74, 6) is -0.147. The molecule has 3 rings (SSSR count). The average Bonchev–Trinajstić information content (AvgIpc) is 2.71. The second-order valence-corrected chi connectivity index (χ2v) is 6.49. The first-order valence-corrected chi connectivity index (χ1v) is 9.11. The van der Waals surface area contributed by atoms with Crippen molar-refractivity contribution in [2.45, 2.75) is 6.54 Å². The summed E-state index contributed by atoms with van der Waals surface area (Å²) in [4.78, 5) is 36.2. The lowest BCUT2D eigenvalue weighted by molar-refractivity contribution is -0.122. The molecule has 0 fully saturated rings. The van der Waals surface area contributed by atoms with Gasteiger partial charge in [0, 0.05) is 12.4 Å². The Morgan fingerprint density at radius 1 is 1.28 bits per heavy atom. The summed E-state index contributed by atoms with van der Waals surface area (Å²) in [7, 11) is 1.46. The monoisotopic (exact) mass is 438 g/mol. The van der Waals surface area contributed by atoms with Crippen LogP contribution in [0, 0.1) is 0 Å². The maximum atomic E-state index is 12.6. The highest BCUT2D eigenvalue weighted by atomic mass is 35.5. The van der Waals surface area contributed by atoms with Crippen molar-refractivity contribution in [2.75, 3.05) is 25.6 Å². The molecule has 0 bridgehead atoms. The van der Waals surface area contributed by atoms with E-state index in [0.717, 1.165) is 0 Å². The fourth-order valence-corrected chi connectivity index (χ4v) is 2.77. The van der Waals surface area contributed by atoms with Crippen LogP contribution in [0.3, 0.4) is 0 Å². The number of ether oxygens (including phenoxy) is 1. The van der Waals surface area contributed by atoms with Gasteiger partial charge in [-0.25, -0.2) is 9.97 Å². The topological polar surface area (TPSA) is 131 Å². The third-order valence-corrected chi connectivity index (χ3v) is 4.29. The highest BCUT2D eigenvalue weighted by Gasteiger charge is 2.14. The number of aliphatic hydroxyl groups is 1. The molecule has 29 heavy (non-hydrogen) atoms. The molecule has 0 aromatic carbocycles. The summed E-state index contributed by atoms with van der Waals surface area (Å²) in [5, 5.41) is 15.5. The second-order valence-electron chi connectivity index (χ2n) is 5.75. The molecule has 0 saturated heterocycles. The molecule has 0 aliphatic carbocycles. The van der Waals surface area contributed by atoms with Gasteiger partial charge in [0.1, 0.15) is 10.7 Å². The number of likely N-dealkylation sites (N-methyl/N-ethyl adjacent to an activating group) is 1. The maximum Gasteiger partial charge on any atom is 0.294 e. The van der Waals surface area contributed by atoms with Crippen LogP contribution in [0.15, 0.2) is 29.3 Å². The highest BCUT2D eigenvalue weighted by molar-refractivity contribution is 6.33. The van der Waals surface area contributed by atoms with E-state index in [-0.39, 0.29) is 47.5 Å². The molecule has 3 aromatic heterocycles. The summed E-state index contributed by atoms with van der Waals surface area (Å²) in [6.45, 7) is -0.582. The Kier molecular flexibility index (Phi) is 6.47. The minimum absolute atomic E-state index is 0.0135. The number of amides is 1. The lowest BCUT2D eigenvalue weighted by Gasteiger charge is -2.13. The molecule has 0 spiro atoms. The van der Waals surface area contributed by atoms with Gasteiger partial charge in [-0.05, 0) is 23.7 Å². The van der Waals surface area contributed by atoms with E-state index < -0.39 is 5.56 Å². The lowest BCUT2D eigenvalue weighted by atomic mass is 10.2. The van der Waals surface area contributed by atoms with Crippen molar-refractivity contribution in [3.63, 3.8) is 0 Å². The number of aliphatic hydroxyl groups excluding tert-OH is 1. The van der Waals surface area contributed by atoms with Crippen LogP contribution < -0.4 is 20.9 Å².